The van der Waals surface area contributed by atoms with Crippen molar-refractivity contribution in [3.05, 3.63) is 70.4 Å². The van der Waals surface area contributed by atoms with Crippen molar-refractivity contribution in [1.29, 1.82) is 0 Å². The second kappa shape index (κ2) is 7.07. The number of benzene rings is 2. The first-order valence-electron chi connectivity index (χ1n) is 9.64. The molecule has 5 rings (SSSR count). The van der Waals surface area contributed by atoms with Crippen molar-refractivity contribution in [3.63, 3.8) is 0 Å². The van der Waals surface area contributed by atoms with Gasteiger partial charge in [0.15, 0.2) is 0 Å². The van der Waals surface area contributed by atoms with E-state index in [1.54, 1.807) is 0 Å². The van der Waals surface area contributed by atoms with Crippen LogP contribution in [0, 0.1) is 0 Å². The molecule has 0 spiro atoms. The Morgan fingerprint density at radius 2 is 1.96 bits per heavy atom. The molecule has 2 aromatic carbocycles. The first kappa shape index (κ1) is 18.0. The van der Waals surface area contributed by atoms with Gasteiger partial charge in [-0.15, -0.1) is 0 Å². The number of aromatic nitrogens is 1. The Morgan fingerprint density at radius 1 is 1.18 bits per heavy atom. The number of para-hydroxylation sites is 1. The molecule has 2 aliphatic heterocycles. The van der Waals surface area contributed by atoms with Gasteiger partial charge in [-0.2, -0.15) is 0 Å². The van der Waals surface area contributed by atoms with Crippen molar-refractivity contribution in [2.24, 2.45) is 0 Å². The summed E-state index contributed by atoms with van der Waals surface area (Å²) in [6.45, 7) is 5.43. The number of nitrogens with one attached hydrogen (secondary N) is 1. The normalized spacial score (nSPS) is 22.5. The molecule has 3 aromatic rings. The van der Waals surface area contributed by atoms with E-state index in [4.69, 9.17) is 28.6 Å². The average molecular weight is 412 g/mol. The van der Waals surface area contributed by atoms with Crippen LogP contribution in [0.25, 0.3) is 10.9 Å². The highest BCUT2D eigenvalue weighted by Gasteiger charge is 2.36. The Kier molecular flexibility index (Phi) is 4.54. The van der Waals surface area contributed by atoms with Gasteiger partial charge in [0.2, 0.25) is 0 Å². The van der Waals surface area contributed by atoms with E-state index in [0.717, 1.165) is 24.8 Å². The standard InChI is InChI=1S/C22H22ClN3OS/c1-14-21-20(16-7-3-5-9-19(16)24-21)17(15-6-2-4-8-18(15)23)12-26(14)13-25-10-11-27-22(25)28/h2-9,14,17,24H,10-13H2,1H3/t14-,17-/m0/s1. The van der Waals surface area contributed by atoms with Crippen LogP contribution in [-0.2, 0) is 4.74 Å². The van der Waals surface area contributed by atoms with E-state index in [0.29, 0.717) is 11.8 Å². The van der Waals surface area contributed by atoms with Crippen molar-refractivity contribution in [1.82, 2.24) is 14.8 Å². The number of hydrogen-bond donors (Lipinski definition) is 1. The minimum Gasteiger partial charge on any atom is -0.469 e. The smallest absolute Gasteiger partial charge is 0.260 e. The minimum atomic E-state index is 0.202. The van der Waals surface area contributed by atoms with E-state index in [-0.39, 0.29) is 12.0 Å². The lowest BCUT2D eigenvalue weighted by molar-refractivity contribution is 0.130. The van der Waals surface area contributed by atoms with Gasteiger partial charge in [0.1, 0.15) is 6.61 Å². The highest BCUT2D eigenvalue weighted by Crippen LogP contribution is 2.44. The quantitative estimate of drug-likeness (QED) is 0.621. The van der Waals surface area contributed by atoms with Gasteiger partial charge < -0.3 is 14.6 Å². The zero-order valence-electron chi connectivity index (χ0n) is 15.7. The summed E-state index contributed by atoms with van der Waals surface area (Å²) in [6, 6.07) is 17.0. The van der Waals surface area contributed by atoms with Gasteiger partial charge in [-0.1, -0.05) is 48.0 Å². The maximum Gasteiger partial charge on any atom is 0.260 e. The van der Waals surface area contributed by atoms with Crippen LogP contribution >= 0.6 is 23.8 Å². The van der Waals surface area contributed by atoms with Crippen LogP contribution in [0.4, 0.5) is 0 Å². The van der Waals surface area contributed by atoms with Crippen LogP contribution in [0.5, 0.6) is 0 Å². The van der Waals surface area contributed by atoms with E-state index in [1.807, 2.05) is 12.1 Å². The molecule has 1 fully saturated rings. The molecule has 0 bridgehead atoms. The first-order valence-corrected chi connectivity index (χ1v) is 10.4. The number of thiocarbonyl (C=S) groups is 1. The van der Waals surface area contributed by atoms with Crippen LogP contribution in [0.3, 0.4) is 0 Å². The second-order valence-electron chi connectivity index (χ2n) is 7.54. The fraction of sp³-hybridized carbons (Fsp3) is 0.318. The fourth-order valence-electron chi connectivity index (χ4n) is 4.52. The third-order valence-corrected chi connectivity index (χ3v) is 6.71. The molecule has 144 valence electrons. The van der Waals surface area contributed by atoms with Crippen LogP contribution in [0.15, 0.2) is 48.5 Å². The maximum atomic E-state index is 6.64. The van der Waals surface area contributed by atoms with Crippen LogP contribution in [0.1, 0.15) is 35.7 Å². The highest BCUT2D eigenvalue weighted by molar-refractivity contribution is 7.80. The number of fused-ring (bicyclic) bond motifs is 3. The van der Waals surface area contributed by atoms with Crippen molar-refractivity contribution >= 4 is 39.9 Å². The van der Waals surface area contributed by atoms with E-state index < -0.39 is 0 Å². The number of halogens is 1. The third-order valence-electron chi connectivity index (χ3n) is 5.99. The van der Waals surface area contributed by atoms with Gasteiger partial charge in [-0.3, -0.25) is 4.90 Å². The maximum absolute atomic E-state index is 6.64. The predicted molar refractivity (Wildman–Crippen MR) is 117 cm³/mol. The minimum absolute atomic E-state index is 0.202. The molecule has 6 heteroatoms. The molecule has 0 saturated carbocycles. The molecule has 1 N–H and O–H groups in total. The van der Waals surface area contributed by atoms with E-state index in [2.05, 4.69) is 58.1 Å². The molecule has 0 amide bonds. The molecule has 4 nitrogen and oxygen atoms in total. The van der Waals surface area contributed by atoms with E-state index in [1.165, 1.54) is 27.7 Å². The molecule has 0 unspecified atom stereocenters. The Bertz CT molecular complexity index is 1050. The van der Waals surface area contributed by atoms with Crippen molar-refractivity contribution in [2.75, 3.05) is 26.4 Å². The molecular weight excluding hydrogens is 390 g/mol. The van der Waals surface area contributed by atoms with Gasteiger partial charge in [0, 0.05) is 40.1 Å². The van der Waals surface area contributed by atoms with Crippen LogP contribution in [0.2, 0.25) is 5.02 Å². The number of ether oxygens (including phenoxy) is 1. The highest BCUT2D eigenvalue weighted by atomic mass is 35.5. The lowest BCUT2D eigenvalue weighted by Crippen LogP contribution is -2.44. The molecule has 2 atom stereocenters. The number of rotatable bonds is 3. The molecule has 2 aliphatic rings. The lowest BCUT2D eigenvalue weighted by atomic mass is 9.84. The summed E-state index contributed by atoms with van der Waals surface area (Å²) in [6.07, 6.45) is 0. The first-order chi connectivity index (χ1) is 13.6. The summed E-state index contributed by atoms with van der Waals surface area (Å²) < 4.78 is 5.49. The Labute approximate surface area is 175 Å². The van der Waals surface area contributed by atoms with Crippen molar-refractivity contribution < 1.29 is 4.74 Å². The number of hydrogen-bond acceptors (Lipinski definition) is 3. The monoisotopic (exact) mass is 411 g/mol. The van der Waals surface area contributed by atoms with Crippen LogP contribution < -0.4 is 0 Å². The van der Waals surface area contributed by atoms with Gasteiger partial charge >= 0.3 is 0 Å². The SMILES string of the molecule is C[C@H]1c2[nH]c3ccccc3c2[C@H](c2ccccc2Cl)CN1CN1CCOC1=S. The fourth-order valence-corrected chi connectivity index (χ4v) is 5.02. The van der Waals surface area contributed by atoms with Gasteiger partial charge in [-0.05, 0) is 42.4 Å². The topological polar surface area (TPSA) is 31.5 Å². The van der Waals surface area contributed by atoms with Crippen LogP contribution in [-0.4, -0.2) is 46.3 Å². The molecule has 1 saturated heterocycles. The summed E-state index contributed by atoms with van der Waals surface area (Å²) in [5.41, 5.74) is 4.99. The average Bonchev–Trinajstić information content (AvgIpc) is 3.29. The van der Waals surface area contributed by atoms with Gasteiger partial charge in [0.25, 0.3) is 5.17 Å². The molecule has 28 heavy (non-hydrogen) atoms. The third kappa shape index (κ3) is 2.89. The molecule has 3 heterocycles. The van der Waals surface area contributed by atoms with Crippen molar-refractivity contribution in [2.45, 2.75) is 18.9 Å². The molecule has 0 radical (unpaired) electrons. The largest absolute Gasteiger partial charge is 0.469 e. The molecular formula is C22H22ClN3OS. The molecule has 1 aromatic heterocycles. The van der Waals surface area contributed by atoms with E-state index in [9.17, 15) is 0 Å². The number of aromatic amines is 1. The second-order valence-corrected chi connectivity index (χ2v) is 8.30. The van der Waals surface area contributed by atoms with Gasteiger partial charge in [0.05, 0.1) is 13.2 Å². The van der Waals surface area contributed by atoms with E-state index >= 15 is 0 Å². The summed E-state index contributed by atoms with van der Waals surface area (Å²) in [7, 11) is 0. The zero-order chi connectivity index (χ0) is 19.3. The zero-order valence-corrected chi connectivity index (χ0v) is 17.3. The Balaban J connectivity index is 1.62. The number of nitrogens with zero attached hydrogens (tertiary/aromatic N) is 2. The van der Waals surface area contributed by atoms with Gasteiger partial charge in [-0.25, -0.2) is 0 Å². The summed E-state index contributed by atoms with van der Waals surface area (Å²) in [4.78, 5) is 8.29. The molecule has 0 aliphatic carbocycles. The Morgan fingerprint density at radius 3 is 2.75 bits per heavy atom. The predicted octanol–water partition coefficient (Wildman–Crippen LogP) is 4.90. The summed E-state index contributed by atoms with van der Waals surface area (Å²) >= 11 is 12.0. The van der Waals surface area contributed by atoms with Crippen molar-refractivity contribution in [3.8, 4) is 0 Å². The Hall–Kier alpha value is -2.08. The summed E-state index contributed by atoms with van der Waals surface area (Å²) in [5.74, 6) is 0.202. The lowest BCUT2D eigenvalue weighted by Gasteiger charge is -2.40. The summed E-state index contributed by atoms with van der Waals surface area (Å²) in [5, 5.41) is 2.70. The number of H-pyrrole nitrogens is 1.